The first-order valence-electron chi connectivity index (χ1n) is 6.25. The molecule has 0 fully saturated rings. The maximum Gasteiger partial charge on any atom is 0.0928 e. The average molecular weight is 266 g/mol. The summed E-state index contributed by atoms with van der Waals surface area (Å²) in [5.41, 5.74) is 1.97. The quantitative estimate of drug-likeness (QED) is 0.828. The minimum atomic E-state index is 0.194. The molecule has 0 spiro atoms. The van der Waals surface area contributed by atoms with E-state index in [1.807, 2.05) is 6.20 Å². The van der Waals surface area contributed by atoms with Gasteiger partial charge in [0.15, 0.2) is 0 Å². The zero-order valence-electron chi connectivity index (χ0n) is 10.5. The number of rotatable bonds is 7. The van der Waals surface area contributed by atoms with Crippen molar-refractivity contribution in [3.8, 4) is 0 Å². The highest BCUT2D eigenvalue weighted by molar-refractivity contribution is 7.09. The highest BCUT2D eigenvalue weighted by atomic mass is 32.1. The molecule has 0 bridgehead atoms. The second-order valence-corrected chi connectivity index (χ2v) is 5.16. The summed E-state index contributed by atoms with van der Waals surface area (Å²) in [7, 11) is 0. The summed E-state index contributed by atoms with van der Waals surface area (Å²) in [6, 6.07) is 0. The Labute approximate surface area is 110 Å². The molecule has 2 aromatic rings. The Hall–Kier alpha value is -1.27. The van der Waals surface area contributed by atoms with Crippen molar-refractivity contribution in [3.05, 3.63) is 28.0 Å². The molecular formula is C12H18N4OS. The van der Waals surface area contributed by atoms with Crippen molar-refractivity contribution in [2.45, 2.75) is 39.2 Å². The van der Waals surface area contributed by atoms with Gasteiger partial charge in [-0.05, 0) is 25.7 Å². The van der Waals surface area contributed by atoms with Gasteiger partial charge in [0, 0.05) is 18.2 Å². The minimum absolute atomic E-state index is 0.194. The standard InChI is InChI=1S/C12H18N4OS/c1-2-4-12-13-11(9-18-12)8-16-7-10(14-15-16)5-3-6-17/h7,9,17H,2-6,8H2,1H3. The molecule has 0 aliphatic heterocycles. The van der Waals surface area contributed by atoms with Crippen LogP contribution in [0.4, 0.5) is 0 Å². The van der Waals surface area contributed by atoms with Gasteiger partial charge in [-0.25, -0.2) is 9.67 Å². The normalized spacial score (nSPS) is 11.0. The summed E-state index contributed by atoms with van der Waals surface area (Å²) < 4.78 is 1.80. The van der Waals surface area contributed by atoms with Crippen LogP contribution in [0.15, 0.2) is 11.6 Å². The maximum atomic E-state index is 8.76. The van der Waals surface area contributed by atoms with E-state index in [2.05, 4.69) is 27.6 Å². The number of hydrogen-bond acceptors (Lipinski definition) is 5. The Morgan fingerprint density at radius 3 is 3.00 bits per heavy atom. The van der Waals surface area contributed by atoms with Gasteiger partial charge in [0.1, 0.15) is 0 Å². The van der Waals surface area contributed by atoms with Crippen molar-refractivity contribution in [2.24, 2.45) is 0 Å². The molecule has 0 aliphatic rings. The lowest BCUT2D eigenvalue weighted by atomic mass is 10.3. The lowest BCUT2D eigenvalue weighted by Gasteiger charge is -1.95. The summed E-state index contributed by atoms with van der Waals surface area (Å²) in [6.07, 6.45) is 5.60. The molecule has 0 aliphatic carbocycles. The van der Waals surface area contributed by atoms with Crippen molar-refractivity contribution in [3.63, 3.8) is 0 Å². The van der Waals surface area contributed by atoms with Gasteiger partial charge in [-0.15, -0.1) is 16.4 Å². The second kappa shape index (κ2) is 6.61. The molecule has 0 saturated carbocycles. The van der Waals surface area contributed by atoms with E-state index < -0.39 is 0 Å². The number of aryl methyl sites for hydroxylation is 2. The summed E-state index contributed by atoms with van der Waals surface area (Å²) in [5, 5.41) is 20.2. The van der Waals surface area contributed by atoms with Gasteiger partial charge in [-0.2, -0.15) is 0 Å². The van der Waals surface area contributed by atoms with Crippen molar-refractivity contribution in [1.82, 2.24) is 20.0 Å². The fraction of sp³-hybridized carbons (Fsp3) is 0.583. The van der Waals surface area contributed by atoms with Gasteiger partial charge in [-0.3, -0.25) is 0 Å². The Morgan fingerprint density at radius 2 is 2.22 bits per heavy atom. The zero-order chi connectivity index (χ0) is 12.8. The molecule has 98 valence electrons. The summed E-state index contributed by atoms with van der Waals surface area (Å²) >= 11 is 1.71. The summed E-state index contributed by atoms with van der Waals surface area (Å²) in [6.45, 7) is 3.03. The van der Waals surface area contributed by atoms with Crippen LogP contribution in [0.5, 0.6) is 0 Å². The molecule has 5 nitrogen and oxygen atoms in total. The molecule has 0 radical (unpaired) electrons. The molecule has 0 unspecified atom stereocenters. The van der Waals surface area contributed by atoms with Crippen LogP contribution in [-0.4, -0.2) is 31.7 Å². The molecule has 0 aromatic carbocycles. The van der Waals surface area contributed by atoms with E-state index in [9.17, 15) is 0 Å². The third-order valence-corrected chi connectivity index (χ3v) is 3.52. The lowest BCUT2D eigenvalue weighted by Crippen LogP contribution is -2.01. The largest absolute Gasteiger partial charge is 0.396 e. The van der Waals surface area contributed by atoms with Crippen molar-refractivity contribution < 1.29 is 5.11 Å². The Morgan fingerprint density at radius 1 is 1.33 bits per heavy atom. The fourth-order valence-corrected chi connectivity index (χ4v) is 2.60. The number of aromatic nitrogens is 4. The average Bonchev–Trinajstić information content (AvgIpc) is 2.98. The molecule has 0 atom stereocenters. The molecule has 2 heterocycles. The molecular weight excluding hydrogens is 248 g/mol. The zero-order valence-corrected chi connectivity index (χ0v) is 11.4. The topological polar surface area (TPSA) is 63.8 Å². The number of nitrogens with zero attached hydrogens (tertiary/aromatic N) is 4. The van der Waals surface area contributed by atoms with E-state index in [-0.39, 0.29) is 6.61 Å². The van der Waals surface area contributed by atoms with Crippen LogP contribution in [-0.2, 0) is 19.4 Å². The van der Waals surface area contributed by atoms with Crippen molar-refractivity contribution in [2.75, 3.05) is 6.61 Å². The molecule has 2 rings (SSSR count). The van der Waals surface area contributed by atoms with Crippen LogP contribution in [0.3, 0.4) is 0 Å². The van der Waals surface area contributed by atoms with E-state index in [0.29, 0.717) is 6.54 Å². The van der Waals surface area contributed by atoms with E-state index >= 15 is 0 Å². The Bertz CT molecular complexity index is 480. The van der Waals surface area contributed by atoms with Crippen molar-refractivity contribution >= 4 is 11.3 Å². The molecule has 0 saturated heterocycles. The predicted molar refractivity (Wildman–Crippen MR) is 70.6 cm³/mol. The van der Waals surface area contributed by atoms with Crippen LogP contribution >= 0.6 is 11.3 Å². The smallest absolute Gasteiger partial charge is 0.0928 e. The van der Waals surface area contributed by atoms with Gasteiger partial charge in [-0.1, -0.05) is 12.1 Å². The minimum Gasteiger partial charge on any atom is -0.396 e. The maximum absolute atomic E-state index is 8.76. The monoisotopic (exact) mass is 266 g/mol. The van der Waals surface area contributed by atoms with Gasteiger partial charge in [0.2, 0.25) is 0 Å². The van der Waals surface area contributed by atoms with Crippen molar-refractivity contribution in [1.29, 1.82) is 0 Å². The number of thiazole rings is 1. The van der Waals surface area contributed by atoms with Crippen LogP contribution in [0.2, 0.25) is 0 Å². The molecule has 2 aromatic heterocycles. The summed E-state index contributed by atoms with van der Waals surface area (Å²) in [5.74, 6) is 0. The van der Waals surface area contributed by atoms with Crippen LogP contribution in [0.25, 0.3) is 0 Å². The number of aliphatic hydroxyl groups excluding tert-OH is 1. The SMILES string of the molecule is CCCc1nc(Cn2cc(CCCO)nn2)cs1. The van der Waals surface area contributed by atoms with E-state index in [4.69, 9.17) is 5.11 Å². The fourth-order valence-electron chi connectivity index (χ4n) is 1.71. The first kappa shape index (κ1) is 13.2. The first-order chi connectivity index (χ1) is 8.81. The third kappa shape index (κ3) is 3.61. The number of hydrogen-bond donors (Lipinski definition) is 1. The number of aliphatic hydroxyl groups is 1. The molecule has 1 N–H and O–H groups in total. The van der Waals surface area contributed by atoms with Crippen LogP contribution in [0, 0.1) is 0 Å². The molecule has 0 amide bonds. The molecule has 18 heavy (non-hydrogen) atoms. The second-order valence-electron chi connectivity index (χ2n) is 4.22. The van der Waals surface area contributed by atoms with E-state index in [1.165, 1.54) is 5.01 Å². The predicted octanol–water partition coefficient (Wildman–Crippen LogP) is 1.66. The van der Waals surface area contributed by atoms with Crippen LogP contribution < -0.4 is 0 Å². The third-order valence-electron chi connectivity index (χ3n) is 2.56. The highest BCUT2D eigenvalue weighted by Gasteiger charge is 2.05. The van der Waals surface area contributed by atoms with Gasteiger partial charge in [0.25, 0.3) is 0 Å². The van der Waals surface area contributed by atoms with E-state index in [1.54, 1.807) is 16.0 Å². The highest BCUT2D eigenvalue weighted by Crippen LogP contribution is 2.12. The Kier molecular flexibility index (Phi) is 4.83. The lowest BCUT2D eigenvalue weighted by molar-refractivity contribution is 0.288. The molecule has 6 heteroatoms. The van der Waals surface area contributed by atoms with Gasteiger partial charge < -0.3 is 5.11 Å². The van der Waals surface area contributed by atoms with Gasteiger partial charge in [0.05, 0.1) is 22.9 Å². The van der Waals surface area contributed by atoms with E-state index in [0.717, 1.165) is 37.1 Å². The van der Waals surface area contributed by atoms with Gasteiger partial charge >= 0.3 is 0 Å². The Balaban J connectivity index is 1.93. The summed E-state index contributed by atoms with van der Waals surface area (Å²) in [4.78, 5) is 4.56. The van der Waals surface area contributed by atoms with Crippen LogP contribution in [0.1, 0.15) is 36.2 Å². The first-order valence-corrected chi connectivity index (χ1v) is 7.13.